The molecule has 70 valence electrons. The molecule has 0 spiro atoms. The van der Waals surface area contributed by atoms with E-state index in [4.69, 9.17) is 71.0 Å². The van der Waals surface area contributed by atoms with Gasteiger partial charge in [-0.1, -0.05) is 0 Å². The van der Waals surface area contributed by atoms with Crippen LogP contribution in [-0.4, -0.2) is 0 Å². The first kappa shape index (κ1) is 53.1. The summed E-state index contributed by atoms with van der Waals surface area (Å²) in [5.41, 5.74) is 0. The summed E-state index contributed by atoms with van der Waals surface area (Å²) in [6.45, 7) is 28.5. The fourth-order valence-electron chi connectivity index (χ4n) is 0. The van der Waals surface area contributed by atoms with Gasteiger partial charge < -0.3 is 71.0 Å². The summed E-state index contributed by atoms with van der Waals surface area (Å²) >= 11 is 0.908. The molecule has 0 aliphatic carbocycles. The molecule has 8 heteroatoms. The summed E-state index contributed by atoms with van der Waals surface area (Å²) < 4.78 is 0. The molecular formula is C6FeN6Th-4. The predicted molar refractivity (Wildman–Crippen MR) is 29.8 cm³/mol. The molecule has 0 saturated carbocycles. The van der Waals surface area contributed by atoms with Gasteiger partial charge in [-0.25, -0.2) is 0 Å². The van der Waals surface area contributed by atoms with Crippen LogP contribution in [0.3, 0.4) is 0 Å². The monoisotopic (exact) mass is 444 g/mol. The summed E-state index contributed by atoms with van der Waals surface area (Å²) in [5.74, 6) is 0. The van der Waals surface area contributed by atoms with Gasteiger partial charge in [0.2, 0.25) is 0 Å². The summed E-state index contributed by atoms with van der Waals surface area (Å²) in [6.07, 6.45) is 0. The second-order valence-electron chi connectivity index (χ2n) is 0. The molecule has 0 radical (unpaired) electrons. The molecule has 0 N–H and O–H groups in total. The van der Waals surface area contributed by atoms with Gasteiger partial charge in [-0.3, -0.25) is 0 Å². The van der Waals surface area contributed by atoms with Gasteiger partial charge >= 0.3 is 42.8 Å². The Morgan fingerprint density at radius 1 is 0.429 bits per heavy atom. The first-order chi connectivity index (χ1) is 7.00. The molecule has 0 saturated heterocycles. The molecule has 0 heterocycles. The summed E-state index contributed by atoms with van der Waals surface area (Å²) in [6, 6.07) is 0. The standard InChI is InChI=1S/6CN.Fe.Th/c6*1-2;;/q6*-1;;+2. The van der Waals surface area contributed by atoms with Gasteiger partial charge in [-0.05, 0) is 0 Å². The molecule has 0 fully saturated rings. The van der Waals surface area contributed by atoms with Crippen LogP contribution >= 0.6 is 0 Å². The number of hydrogen-bond donors (Lipinski definition) is 0. The quantitative estimate of drug-likeness (QED) is 0.395. The van der Waals surface area contributed by atoms with Crippen molar-refractivity contribution in [2.45, 2.75) is 0 Å². The number of hydrogen-bond acceptors (Lipinski definition) is 6. The Morgan fingerprint density at radius 2 is 0.429 bits per heavy atom. The van der Waals surface area contributed by atoms with Crippen LogP contribution in [0.2, 0.25) is 0 Å². The molecule has 0 bridgehead atoms. The maximum atomic E-state index is 6.25. The van der Waals surface area contributed by atoms with E-state index in [0.717, 1.165) is 34.2 Å². The molecule has 0 atom stereocenters. The van der Waals surface area contributed by atoms with E-state index in [0.29, 0.717) is 0 Å². The SMILES string of the molecule is [C-]#N.[C-]#N.[C-]#N.[C-]#N.[C-]#N.[C-]#N.[Fe]=[Th+2]. The minimum atomic E-state index is 0.908. The third-order valence-electron chi connectivity index (χ3n) is 0. The van der Waals surface area contributed by atoms with Crippen molar-refractivity contribution in [3.05, 3.63) is 39.4 Å². The fraction of sp³-hybridized carbons (Fsp3) is 0. The van der Waals surface area contributed by atoms with E-state index in [1.54, 1.807) is 0 Å². The van der Waals surface area contributed by atoms with Crippen molar-refractivity contribution in [1.82, 2.24) is 0 Å². The predicted octanol–water partition coefficient (Wildman–Crippen LogP) is 0.576. The third kappa shape index (κ3) is 698. The zero-order valence-electron chi connectivity index (χ0n) is 6.54. The molecule has 0 aromatic carbocycles. The summed E-state index contributed by atoms with van der Waals surface area (Å²) in [4.78, 5) is 0. The Kier molecular flexibility index (Phi) is 3510. The van der Waals surface area contributed by atoms with Crippen LogP contribution in [0.25, 0.3) is 0 Å². The Labute approximate surface area is 113 Å². The van der Waals surface area contributed by atoms with E-state index in [2.05, 4.69) is 8.66 Å². The van der Waals surface area contributed by atoms with E-state index in [1.165, 1.54) is 0 Å². The number of nitrogens with zero attached hydrogens (tertiary/aromatic N) is 6. The van der Waals surface area contributed by atoms with Crippen molar-refractivity contribution in [3.8, 4) is 0 Å². The van der Waals surface area contributed by atoms with Crippen LogP contribution < -0.4 is 0 Å². The van der Waals surface area contributed by atoms with Crippen LogP contribution in [0.1, 0.15) is 0 Å². The molecule has 0 aliphatic rings. The van der Waals surface area contributed by atoms with Gasteiger partial charge in [-0.15, -0.1) is 0 Å². The average molecular weight is 444 g/mol. The molecule has 0 unspecified atom stereocenters. The van der Waals surface area contributed by atoms with E-state index >= 15 is 0 Å². The molecule has 0 aromatic rings. The van der Waals surface area contributed by atoms with Crippen LogP contribution in [-0.2, 0) is 8.66 Å². The molecule has 14 heavy (non-hydrogen) atoms. The zero-order chi connectivity index (χ0) is 14.0. The first-order valence-corrected chi connectivity index (χ1v) is 8.06. The van der Waals surface area contributed by atoms with Gasteiger partial charge in [0, 0.05) is 0 Å². The van der Waals surface area contributed by atoms with Gasteiger partial charge in [0.05, 0.1) is 0 Å². The van der Waals surface area contributed by atoms with E-state index in [9.17, 15) is 0 Å². The van der Waals surface area contributed by atoms with E-state index in [-0.39, 0.29) is 0 Å². The minimum absolute atomic E-state index is 0.908. The molecule has 0 aliphatic heterocycles. The molecule has 6 nitrogen and oxygen atoms in total. The van der Waals surface area contributed by atoms with Crippen molar-refractivity contribution in [1.29, 1.82) is 31.6 Å². The fourth-order valence-corrected chi connectivity index (χ4v) is 0. The van der Waals surface area contributed by atoms with Gasteiger partial charge in [0.25, 0.3) is 0 Å². The maximum absolute atomic E-state index is 6.25. The Morgan fingerprint density at radius 3 is 0.429 bits per heavy atom. The zero-order valence-corrected chi connectivity index (χ0v) is 11.8. The van der Waals surface area contributed by atoms with Crippen molar-refractivity contribution >= 4 is 0 Å². The van der Waals surface area contributed by atoms with E-state index in [1.807, 2.05) is 0 Å². The summed E-state index contributed by atoms with van der Waals surface area (Å²) in [5, 5.41) is 37.5. The van der Waals surface area contributed by atoms with Crippen molar-refractivity contribution in [2.24, 2.45) is 0 Å². The molecule has 0 amide bonds. The molecule has 0 rings (SSSR count). The van der Waals surface area contributed by atoms with Gasteiger partial charge in [0.15, 0.2) is 0 Å². The van der Waals surface area contributed by atoms with Crippen molar-refractivity contribution in [3.63, 3.8) is 0 Å². The Hall–Kier alpha value is -1.22. The normalized spacial score (nSPS) is 1.36. The topological polar surface area (TPSA) is 143 Å². The van der Waals surface area contributed by atoms with Crippen LogP contribution in [0, 0.1) is 105 Å². The van der Waals surface area contributed by atoms with Gasteiger partial charge in [0.1, 0.15) is 0 Å². The van der Waals surface area contributed by atoms with E-state index < -0.39 is 0 Å². The average Bonchev–Trinajstić information content (AvgIpc) is 2.45. The third-order valence-corrected chi connectivity index (χ3v) is 0. The van der Waals surface area contributed by atoms with Crippen molar-refractivity contribution in [2.75, 3.05) is 0 Å². The Bertz CT molecular complexity index is 109. The summed E-state index contributed by atoms with van der Waals surface area (Å²) in [7, 11) is 3.42. The second kappa shape index (κ2) is 927. The molecular weight excluding hydrogens is 444 g/mol. The Balaban J connectivity index is -0.00000000817. The number of rotatable bonds is 0. The van der Waals surface area contributed by atoms with Crippen LogP contribution in [0.5, 0.6) is 0 Å². The van der Waals surface area contributed by atoms with Gasteiger partial charge in [-0.2, -0.15) is 0 Å². The molecule has 0 aromatic heterocycles. The second-order valence-corrected chi connectivity index (χ2v) is 0. The van der Waals surface area contributed by atoms with Crippen molar-refractivity contribution < 1.29 is 42.8 Å². The van der Waals surface area contributed by atoms with Crippen LogP contribution in [0.4, 0.5) is 0 Å². The van der Waals surface area contributed by atoms with Crippen LogP contribution in [0.15, 0.2) is 0 Å². The first-order valence-electron chi connectivity index (χ1n) is 1.52.